The van der Waals surface area contributed by atoms with Gasteiger partial charge in [0.25, 0.3) is 0 Å². The highest BCUT2D eigenvalue weighted by Gasteiger charge is 2.10. The van der Waals surface area contributed by atoms with E-state index in [4.69, 9.17) is 0 Å². The van der Waals surface area contributed by atoms with Gasteiger partial charge in [0, 0.05) is 22.7 Å². The summed E-state index contributed by atoms with van der Waals surface area (Å²) < 4.78 is 14.5. The Morgan fingerprint density at radius 3 is 2.52 bits per heavy atom. The Labute approximate surface area is 157 Å². The SMILES string of the molecule is Cc1cccc(/C(=N\Nc2c(F)ccc3ncccc23)c2ccccc2)c1. The zero-order valence-electron chi connectivity index (χ0n) is 14.9. The van der Waals surface area contributed by atoms with E-state index in [-0.39, 0.29) is 5.82 Å². The van der Waals surface area contributed by atoms with Gasteiger partial charge < -0.3 is 0 Å². The van der Waals surface area contributed by atoms with Crippen molar-refractivity contribution in [2.45, 2.75) is 6.92 Å². The monoisotopic (exact) mass is 355 g/mol. The summed E-state index contributed by atoms with van der Waals surface area (Å²) in [5.74, 6) is -0.365. The van der Waals surface area contributed by atoms with Crippen LogP contribution in [0.1, 0.15) is 16.7 Å². The number of hydrazone groups is 1. The lowest BCUT2D eigenvalue weighted by atomic mass is 10.0. The van der Waals surface area contributed by atoms with Gasteiger partial charge >= 0.3 is 0 Å². The number of nitrogens with one attached hydrogen (secondary N) is 1. The Morgan fingerprint density at radius 2 is 1.70 bits per heavy atom. The molecule has 0 amide bonds. The van der Waals surface area contributed by atoms with Crippen molar-refractivity contribution < 1.29 is 4.39 Å². The number of fused-ring (bicyclic) bond motifs is 1. The van der Waals surface area contributed by atoms with Crippen LogP contribution in [0.25, 0.3) is 10.9 Å². The summed E-state index contributed by atoms with van der Waals surface area (Å²) in [6, 6.07) is 24.6. The molecule has 0 aliphatic rings. The van der Waals surface area contributed by atoms with E-state index in [2.05, 4.69) is 21.6 Å². The number of pyridine rings is 1. The third-order valence-corrected chi connectivity index (χ3v) is 4.35. The van der Waals surface area contributed by atoms with Crippen LogP contribution in [0.2, 0.25) is 0 Å². The van der Waals surface area contributed by atoms with Crippen LogP contribution in [0.15, 0.2) is 90.2 Å². The van der Waals surface area contributed by atoms with E-state index < -0.39 is 0 Å². The minimum atomic E-state index is -0.365. The third kappa shape index (κ3) is 3.55. The van der Waals surface area contributed by atoms with Crippen LogP contribution in [-0.2, 0) is 0 Å². The fourth-order valence-corrected chi connectivity index (χ4v) is 3.04. The van der Waals surface area contributed by atoms with Crippen molar-refractivity contribution in [2.75, 3.05) is 5.43 Å². The molecule has 0 saturated carbocycles. The quantitative estimate of drug-likeness (QED) is 0.385. The average Bonchev–Trinajstić information content (AvgIpc) is 2.70. The molecule has 27 heavy (non-hydrogen) atoms. The molecule has 0 atom stereocenters. The molecule has 3 aromatic carbocycles. The largest absolute Gasteiger partial charge is 0.274 e. The van der Waals surface area contributed by atoms with Crippen molar-refractivity contribution >= 4 is 22.3 Å². The highest BCUT2D eigenvalue weighted by Crippen LogP contribution is 2.25. The predicted molar refractivity (Wildman–Crippen MR) is 109 cm³/mol. The first-order valence-corrected chi connectivity index (χ1v) is 8.72. The van der Waals surface area contributed by atoms with Crippen LogP contribution in [0.4, 0.5) is 10.1 Å². The van der Waals surface area contributed by atoms with Gasteiger partial charge in [-0.25, -0.2) is 4.39 Å². The molecule has 1 aromatic heterocycles. The molecule has 4 heteroatoms. The summed E-state index contributed by atoms with van der Waals surface area (Å²) in [6.45, 7) is 2.04. The molecular weight excluding hydrogens is 337 g/mol. The number of nitrogens with zero attached hydrogens (tertiary/aromatic N) is 2. The van der Waals surface area contributed by atoms with E-state index in [0.29, 0.717) is 16.6 Å². The first-order valence-electron chi connectivity index (χ1n) is 8.72. The van der Waals surface area contributed by atoms with Crippen LogP contribution >= 0.6 is 0 Å². The van der Waals surface area contributed by atoms with Gasteiger partial charge in [-0.15, -0.1) is 0 Å². The molecule has 0 bridgehead atoms. The summed E-state index contributed by atoms with van der Waals surface area (Å²) in [5, 5.41) is 5.28. The van der Waals surface area contributed by atoms with Crippen LogP contribution < -0.4 is 5.43 Å². The van der Waals surface area contributed by atoms with Gasteiger partial charge in [0.2, 0.25) is 0 Å². The van der Waals surface area contributed by atoms with Crippen molar-refractivity contribution in [1.29, 1.82) is 0 Å². The van der Waals surface area contributed by atoms with Gasteiger partial charge in [0.15, 0.2) is 0 Å². The fraction of sp³-hybridized carbons (Fsp3) is 0.0435. The van der Waals surface area contributed by atoms with Crippen LogP contribution in [0, 0.1) is 12.7 Å². The maximum absolute atomic E-state index is 14.5. The van der Waals surface area contributed by atoms with Crippen molar-refractivity contribution in [1.82, 2.24) is 4.98 Å². The number of aromatic nitrogens is 1. The Balaban J connectivity index is 1.82. The van der Waals surface area contributed by atoms with Crippen molar-refractivity contribution in [3.8, 4) is 0 Å². The molecule has 0 aliphatic heterocycles. The molecule has 1 N–H and O–H groups in total. The second kappa shape index (κ2) is 7.38. The topological polar surface area (TPSA) is 37.3 Å². The zero-order valence-corrected chi connectivity index (χ0v) is 14.9. The first kappa shape index (κ1) is 16.9. The standard InChI is InChI=1S/C23H18FN3/c1-16-7-5-10-18(15-16)22(17-8-3-2-4-9-17)26-27-23-19-11-6-14-25-21(19)13-12-20(23)24/h2-15,27H,1H3/b26-22-. The minimum Gasteiger partial charge on any atom is -0.274 e. The molecule has 0 unspecified atom stereocenters. The molecular formula is C23H18FN3. The number of benzene rings is 3. The number of hydrogen-bond acceptors (Lipinski definition) is 3. The van der Waals surface area contributed by atoms with Crippen LogP contribution in [0.3, 0.4) is 0 Å². The summed E-state index contributed by atoms with van der Waals surface area (Å²) in [4.78, 5) is 4.28. The Morgan fingerprint density at radius 1 is 0.889 bits per heavy atom. The maximum Gasteiger partial charge on any atom is 0.148 e. The predicted octanol–water partition coefficient (Wildman–Crippen LogP) is 5.55. The molecule has 0 aliphatic carbocycles. The first-order chi connectivity index (χ1) is 13.2. The van der Waals surface area contributed by atoms with E-state index in [9.17, 15) is 4.39 Å². The lowest BCUT2D eigenvalue weighted by Gasteiger charge is -2.11. The summed E-state index contributed by atoms with van der Waals surface area (Å²) in [6.07, 6.45) is 1.69. The molecule has 1 heterocycles. The van der Waals surface area contributed by atoms with E-state index in [1.165, 1.54) is 6.07 Å². The smallest absolute Gasteiger partial charge is 0.148 e. The van der Waals surface area contributed by atoms with Gasteiger partial charge in [-0.2, -0.15) is 5.10 Å². The number of halogens is 1. The molecule has 4 aromatic rings. The van der Waals surface area contributed by atoms with Crippen molar-refractivity contribution in [2.24, 2.45) is 5.10 Å². The summed E-state index contributed by atoms with van der Waals surface area (Å²) >= 11 is 0. The van der Waals surface area contributed by atoms with Crippen molar-refractivity contribution in [3.63, 3.8) is 0 Å². The molecule has 132 valence electrons. The number of aryl methyl sites for hydroxylation is 1. The number of rotatable bonds is 4. The Hall–Kier alpha value is -3.53. The van der Waals surface area contributed by atoms with E-state index in [1.54, 1.807) is 18.3 Å². The summed E-state index contributed by atoms with van der Waals surface area (Å²) in [5.41, 5.74) is 7.79. The molecule has 0 spiro atoms. The second-order valence-electron chi connectivity index (χ2n) is 6.30. The number of anilines is 1. The number of hydrogen-bond donors (Lipinski definition) is 1. The van der Waals surface area contributed by atoms with E-state index in [1.807, 2.05) is 61.5 Å². The summed E-state index contributed by atoms with van der Waals surface area (Å²) in [7, 11) is 0. The van der Waals surface area contributed by atoms with Crippen LogP contribution in [-0.4, -0.2) is 10.7 Å². The zero-order chi connectivity index (χ0) is 18.6. The normalized spacial score (nSPS) is 11.6. The lowest BCUT2D eigenvalue weighted by molar-refractivity contribution is 0.632. The van der Waals surface area contributed by atoms with Gasteiger partial charge in [-0.05, 0) is 37.3 Å². The average molecular weight is 355 g/mol. The molecule has 0 fully saturated rings. The Kier molecular flexibility index (Phi) is 4.62. The fourth-order valence-electron chi connectivity index (χ4n) is 3.04. The van der Waals surface area contributed by atoms with E-state index in [0.717, 1.165) is 22.4 Å². The highest BCUT2D eigenvalue weighted by atomic mass is 19.1. The highest BCUT2D eigenvalue weighted by molar-refractivity contribution is 6.13. The van der Waals surface area contributed by atoms with E-state index >= 15 is 0 Å². The van der Waals surface area contributed by atoms with Gasteiger partial charge in [-0.1, -0.05) is 54.1 Å². The van der Waals surface area contributed by atoms with Gasteiger partial charge in [0.1, 0.15) is 11.5 Å². The molecule has 0 radical (unpaired) electrons. The van der Waals surface area contributed by atoms with Crippen LogP contribution in [0.5, 0.6) is 0 Å². The molecule has 4 rings (SSSR count). The minimum absolute atomic E-state index is 0.321. The molecule has 0 saturated heterocycles. The maximum atomic E-state index is 14.5. The second-order valence-corrected chi connectivity index (χ2v) is 6.30. The van der Waals surface area contributed by atoms with Gasteiger partial charge in [-0.3, -0.25) is 10.4 Å². The lowest BCUT2D eigenvalue weighted by Crippen LogP contribution is -2.07. The third-order valence-electron chi connectivity index (χ3n) is 4.35. The van der Waals surface area contributed by atoms with Gasteiger partial charge in [0.05, 0.1) is 11.2 Å². The van der Waals surface area contributed by atoms with Crippen molar-refractivity contribution in [3.05, 3.63) is 108 Å². The molecule has 3 nitrogen and oxygen atoms in total. The Bertz CT molecular complexity index is 1120.